The van der Waals surface area contributed by atoms with Crippen molar-refractivity contribution in [1.82, 2.24) is 10.2 Å². The summed E-state index contributed by atoms with van der Waals surface area (Å²) in [7, 11) is 1.37. The van der Waals surface area contributed by atoms with E-state index in [9.17, 15) is 9.59 Å². The molecule has 1 N–H and O–H groups in total. The Balaban J connectivity index is 1.82. The molecule has 0 radical (unpaired) electrons. The third-order valence-corrected chi connectivity index (χ3v) is 3.49. The summed E-state index contributed by atoms with van der Waals surface area (Å²) in [5, 5.41) is 2.89. The molecule has 1 aliphatic heterocycles. The number of hydrogen-bond acceptors (Lipinski definition) is 4. The molecule has 0 aliphatic carbocycles. The molecule has 2 rings (SSSR count). The second-order valence-corrected chi connectivity index (χ2v) is 5.09. The van der Waals surface area contributed by atoms with Crippen molar-refractivity contribution >= 4 is 27.9 Å². The molecule has 0 unspecified atom stereocenters. The molecule has 1 aliphatic rings. The van der Waals surface area contributed by atoms with Crippen LogP contribution in [0.4, 0.5) is 4.79 Å². The highest BCUT2D eigenvalue weighted by molar-refractivity contribution is 9.10. The molecular formula is C12H15BrN2O4. The van der Waals surface area contributed by atoms with E-state index in [0.29, 0.717) is 30.6 Å². The number of ether oxygens (including phenoxy) is 1. The average molecular weight is 331 g/mol. The zero-order valence-corrected chi connectivity index (χ0v) is 12.1. The quantitative estimate of drug-likeness (QED) is 0.900. The Morgan fingerprint density at radius 2 is 2.11 bits per heavy atom. The van der Waals surface area contributed by atoms with Crippen LogP contribution in [0.15, 0.2) is 21.2 Å². The first-order valence-corrected chi connectivity index (χ1v) is 6.78. The summed E-state index contributed by atoms with van der Waals surface area (Å²) >= 11 is 3.15. The highest BCUT2D eigenvalue weighted by Gasteiger charge is 2.25. The highest BCUT2D eigenvalue weighted by atomic mass is 79.9. The van der Waals surface area contributed by atoms with Gasteiger partial charge in [-0.3, -0.25) is 4.79 Å². The van der Waals surface area contributed by atoms with Crippen LogP contribution in [-0.4, -0.2) is 43.1 Å². The second-order valence-electron chi connectivity index (χ2n) is 4.31. The second kappa shape index (κ2) is 6.10. The molecule has 0 bridgehead atoms. The van der Waals surface area contributed by atoms with Crippen molar-refractivity contribution in [3.05, 3.63) is 22.6 Å². The molecule has 0 spiro atoms. The van der Waals surface area contributed by atoms with E-state index in [1.165, 1.54) is 7.11 Å². The van der Waals surface area contributed by atoms with Crippen molar-refractivity contribution < 1.29 is 18.7 Å². The van der Waals surface area contributed by atoms with Crippen molar-refractivity contribution in [3.63, 3.8) is 0 Å². The number of halogens is 1. The average Bonchev–Trinajstić information content (AvgIpc) is 2.85. The summed E-state index contributed by atoms with van der Waals surface area (Å²) in [6, 6.07) is 3.34. The van der Waals surface area contributed by atoms with Crippen LogP contribution in [0.1, 0.15) is 23.4 Å². The van der Waals surface area contributed by atoms with E-state index < -0.39 is 0 Å². The number of furan rings is 1. The molecular weight excluding hydrogens is 316 g/mol. The van der Waals surface area contributed by atoms with Crippen LogP contribution < -0.4 is 5.32 Å². The van der Waals surface area contributed by atoms with Gasteiger partial charge in [0.1, 0.15) is 0 Å². The van der Waals surface area contributed by atoms with E-state index in [2.05, 4.69) is 26.0 Å². The number of nitrogens with zero attached hydrogens (tertiary/aromatic N) is 1. The van der Waals surface area contributed by atoms with E-state index in [-0.39, 0.29) is 23.8 Å². The first-order valence-electron chi connectivity index (χ1n) is 5.99. The summed E-state index contributed by atoms with van der Waals surface area (Å²) in [5.41, 5.74) is 0. The normalized spacial score (nSPS) is 16.2. The monoisotopic (exact) mass is 330 g/mol. The van der Waals surface area contributed by atoms with Crippen LogP contribution in [0.3, 0.4) is 0 Å². The molecule has 7 heteroatoms. The van der Waals surface area contributed by atoms with E-state index in [1.807, 2.05) is 0 Å². The van der Waals surface area contributed by atoms with E-state index in [0.717, 1.165) is 0 Å². The maximum absolute atomic E-state index is 11.9. The standard InChI is InChI=1S/C12H15BrN2O4/c1-18-12(17)15-6-4-8(5-7-15)14-11(16)9-2-3-10(13)19-9/h2-3,8H,4-7H2,1H3,(H,14,16). The highest BCUT2D eigenvalue weighted by Crippen LogP contribution is 2.16. The lowest BCUT2D eigenvalue weighted by molar-refractivity contribution is 0.0866. The van der Waals surface area contributed by atoms with E-state index >= 15 is 0 Å². The largest absolute Gasteiger partial charge is 0.453 e. The minimum Gasteiger partial charge on any atom is -0.453 e. The molecule has 1 aromatic rings. The number of rotatable bonds is 2. The van der Waals surface area contributed by atoms with Gasteiger partial charge in [0.2, 0.25) is 0 Å². The van der Waals surface area contributed by atoms with Gasteiger partial charge >= 0.3 is 6.09 Å². The summed E-state index contributed by atoms with van der Waals surface area (Å²) in [5.74, 6) is 0.0458. The van der Waals surface area contributed by atoms with Gasteiger partial charge in [0, 0.05) is 19.1 Å². The van der Waals surface area contributed by atoms with Crippen LogP contribution in [0.5, 0.6) is 0 Å². The molecule has 6 nitrogen and oxygen atoms in total. The molecule has 2 amide bonds. The van der Waals surface area contributed by atoms with Crippen LogP contribution in [0.2, 0.25) is 0 Å². The van der Waals surface area contributed by atoms with Gasteiger partial charge in [0.05, 0.1) is 7.11 Å². The Bertz CT molecular complexity index is 466. The smallest absolute Gasteiger partial charge is 0.409 e. The van der Waals surface area contributed by atoms with Crippen molar-refractivity contribution in [2.24, 2.45) is 0 Å². The Morgan fingerprint density at radius 1 is 1.42 bits per heavy atom. The third-order valence-electron chi connectivity index (χ3n) is 3.06. The number of methoxy groups -OCH3 is 1. The van der Waals surface area contributed by atoms with Crippen LogP contribution in [-0.2, 0) is 4.74 Å². The fourth-order valence-corrected chi connectivity index (χ4v) is 2.33. The zero-order chi connectivity index (χ0) is 13.8. The molecule has 0 aromatic carbocycles. The molecule has 0 atom stereocenters. The van der Waals surface area contributed by atoms with E-state index in [4.69, 9.17) is 4.42 Å². The fraction of sp³-hybridized carbons (Fsp3) is 0.500. The van der Waals surface area contributed by atoms with Crippen molar-refractivity contribution in [2.75, 3.05) is 20.2 Å². The number of hydrogen-bond donors (Lipinski definition) is 1. The van der Waals surface area contributed by atoms with Crippen molar-refractivity contribution in [3.8, 4) is 0 Å². The van der Waals surface area contributed by atoms with Crippen LogP contribution in [0.25, 0.3) is 0 Å². The number of nitrogens with one attached hydrogen (secondary N) is 1. The van der Waals surface area contributed by atoms with Gasteiger partial charge in [0.25, 0.3) is 5.91 Å². The SMILES string of the molecule is COC(=O)N1CCC(NC(=O)c2ccc(Br)o2)CC1. The summed E-state index contributed by atoms with van der Waals surface area (Å²) in [6.07, 6.45) is 1.10. The van der Waals surface area contributed by atoms with Crippen molar-refractivity contribution in [1.29, 1.82) is 0 Å². The Hall–Kier alpha value is -1.50. The predicted molar refractivity (Wildman–Crippen MR) is 70.9 cm³/mol. The lowest BCUT2D eigenvalue weighted by Crippen LogP contribution is -2.46. The van der Waals surface area contributed by atoms with Gasteiger partial charge in [-0.2, -0.15) is 0 Å². The molecule has 104 valence electrons. The zero-order valence-electron chi connectivity index (χ0n) is 10.5. The van der Waals surface area contributed by atoms with Gasteiger partial charge < -0.3 is 19.4 Å². The van der Waals surface area contributed by atoms with E-state index in [1.54, 1.807) is 17.0 Å². The Kier molecular flexibility index (Phi) is 4.47. The van der Waals surface area contributed by atoms with Crippen LogP contribution >= 0.6 is 15.9 Å². The number of carbonyl (C=O) groups is 2. The molecule has 1 fully saturated rings. The fourth-order valence-electron chi connectivity index (χ4n) is 2.03. The lowest BCUT2D eigenvalue weighted by atomic mass is 10.1. The lowest BCUT2D eigenvalue weighted by Gasteiger charge is -2.31. The molecule has 19 heavy (non-hydrogen) atoms. The molecule has 2 heterocycles. The minimum absolute atomic E-state index is 0.0530. The topological polar surface area (TPSA) is 71.8 Å². The van der Waals surface area contributed by atoms with Gasteiger partial charge in [0.15, 0.2) is 10.4 Å². The molecule has 1 aromatic heterocycles. The number of amides is 2. The molecule has 1 saturated heterocycles. The maximum Gasteiger partial charge on any atom is 0.409 e. The number of carbonyl (C=O) groups excluding carboxylic acids is 2. The first-order chi connectivity index (χ1) is 9.10. The minimum atomic E-state index is -0.320. The van der Waals surface area contributed by atoms with Gasteiger partial charge in [-0.15, -0.1) is 0 Å². The Labute approximate surface area is 119 Å². The van der Waals surface area contributed by atoms with Gasteiger partial charge in [-0.25, -0.2) is 4.79 Å². The van der Waals surface area contributed by atoms with Crippen molar-refractivity contribution in [2.45, 2.75) is 18.9 Å². The first kappa shape index (κ1) is 13.9. The van der Waals surface area contributed by atoms with Crippen LogP contribution in [0, 0.1) is 0 Å². The third kappa shape index (κ3) is 3.50. The molecule has 0 saturated carbocycles. The number of likely N-dealkylation sites (tertiary alicyclic amines) is 1. The summed E-state index contributed by atoms with van der Waals surface area (Å²) < 4.78 is 10.4. The summed E-state index contributed by atoms with van der Waals surface area (Å²) in [6.45, 7) is 1.17. The van der Waals surface area contributed by atoms with Gasteiger partial charge in [-0.1, -0.05) is 0 Å². The number of piperidine rings is 1. The Morgan fingerprint density at radius 3 is 2.63 bits per heavy atom. The maximum atomic E-state index is 11.9. The summed E-state index contributed by atoms with van der Waals surface area (Å²) in [4.78, 5) is 24.8. The van der Waals surface area contributed by atoms with Gasteiger partial charge in [-0.05, 0) is 40.9 Å². The predicted octanol–water partition coefficient (Wildman–Crippen LogP) is 2.00.